The van der Waals surface area contributed by atoms with Crippen LogP contribution >= 0.6 is 0 Å². The molecule has 1 aromatic rings. The Balaban J connectivity index is 1.80. The number of alkyl halides is 2. The van der Waals surface area contributed by atoms with E-state index in [4.69, 9.17) is 5.73 Å². The summed E-state index contributed by atoms with van der Waals surface area (Å²) >= 11 is 0. The molecule has 0 aliphatic heterocycles. The molecular weight excluding hydrogens is 216 g/mol. The maximum Gasteiger partial charge on any atom is 0.345 e. The number of ether oxygens (including phenoxy) is 1. The molecule has 1 heterocycles. The van der Waals surface area contributed by atoms with Gasteiger partial charge in [-0.2, -0.15) is 13.9 Å². The molecule has 0 aromatic carbocycles. The average Bonchev–Trinajstić information content (AvgIpc) is 2.43. The van der Waals surface area contributed by atoms with Gasteiger partial charge in [0.15, 0.2) is 0 Å². The Morgan fingerprint density at radius 3 is 2.81 bits per heavy atom. The Bertz CT molecular complexity index is 341. The monoisotopic (exact) mass is 231 g/mol. The number of nitrogen functional groups attached to an aromatic ring is 1. The van der Waals surface area contributed by atoms with Crippen LogP contribution in [0.3, 0.4) is 0 Å². The number of nitrogens with zero attached hydrogens (tertiary/aromatic N) is 2. The second kappa shape index (κ2) is 4.37. The van der Waals surface area contributed by atoms with E-state index < -0.39 is 6.61 Å². The van der Waals surface area contributed by atoms with E-state index in [1.807, 2.05) is 11.6 Å². The number of halogens is 2. The van der Waals surface area contributed by atoms with Crippen LogP contribution in [0, 0.1) is 12.8 Å². The largest absolute Gasteiger partial charge is 0.396 e. The Hall–Kier alpha value is -1.17. The van der Waals surface area contributed by atoms with Gasteiger partial charge in [-0.15, -0.1) is 0 Å². The van der Waals surface area contributed by atoms with E-state index in [0.29, 0.717) is 5.69 Å². The first-order chi connectivity index (χ1) is 7.56. The van der Waals surface area contributed by atoms with Crippen LogP contribution in [0.25, 0.3) is 0 Å². The molecule has 0 amide bonds. The molecule has 1 aliphatic rings. The topological polar surface area (TPSA) is 53.1 Å². The molecule has 0 spiro atoms. The Labute approximate surface area is 92.4 Å². The minimum atomic E-state index is -2.67. The Morgan fingerprint density at radius 1 is 1.62 bits per heavy atom. The van der Waals surface area contributed by atoms with Crippen molar-refractivity contribution in [1.82, 2.24) is 9.78 Å². The predicted octanol–water partition coefficient (Wildman–Crippen LogP) is 1.96. The minimum absolute atomic E-state index is 0.129. The second-order valence-electron chi connectivity index (χ2n) is 4.24. The lowest BCUT2D eigenvalue weighted by molar-refractivity contribution is -0.146. The molecule has 1 aliphatic carbocycles. The molecule has 16 heavy (non-hydrogen) atoms. The number of nitrogens with two attached hydrogens (primary N) is 1. The molecule has 90 valence electrons. The van der Waals surface area contributed by atoms with Crippen LogP contribution in [-0.4, -0.2) is 23.0 Å². The van der Waals surface area contributed by atoms with Crippen LogP contribution in [0.4, 0.5) is 14.5 Å². The van der Waals surface area contributed by atoms with Gasteiger partial charge < -0.3 is 10.5 Å². The van der Waals surface area contributed by atoms with Crippen molar-refractivity contribution in [2.75, 3.05) is 12.3 Å². The number of hydrogen-bond donors (Lipinski definition) is 1. The maximum absolute atomic E-state index is 11.8. The van der Waals surface area contributed by atoms with Gasteiger partial charge in [-0.25, -0.2) is 0 Å². The van der Waals surface area contributed by atoms with Crippen LogP contribution in [0.1, 0.15) is 24.6 Å². The quantitative estimate of drug-likeness (QED) is 0.861. The first kappa shape index (κ1) is 11.3. The molecule has 1 fully saturated rings. The van der Waals surface area contributed by atoms with E-state index in [1.165, 1.54) is 0 Å². The highest BCUT2D eigenvalue weighted by atomic mass is 19.3. The summed E-state index contributed by atoms with van der Waals surface area (Å²) in [5.41, 5.74) is 7.17. The van der Waals surface area contributed by atoms with Crippen molar-refractivity contribution in [3.63, 3.8) is 0 Å². The van der Waals surface area contributed by atoms with Crippen molar-refractivity contribution in [1.29, 1.82) is 0 Å². The van der Waals surface area contributed by atoms with Gasteiger partial charge in [0.05, 0.1) is 24.0 Å². The molecule has 2 N–H and O–H groups in total. The molecule has 1 aromatic heterocycles. The van der Waals surface area contributed by atoms with Crippen molar-refractivity contribution < 1.29 is 13.5 Å². The SMILES string of the molecule is Cc1nn([C@H]2C[C@H](COC(F)F)C2)cc1N. The summed E-state index contributed by atoms with van der Waals surface area (Å²) < 4.78 is 29.6. The van der Waals surface area contributed by atoms with Crippen molar-refractivity contribution in [3.8, 4) is 0 Å². The highest BCUT2D eigenvalue weighted by molar-refractivity contribution is 5.39. The van der Waals surface area contributed by atoms with Gasteiger partial charge >= 0.3 is 6.61 Å². The van der Waals surface area contributed by atoms with Gasteiger partial charge in [-0.05, 0) is 25.7 Å². The van der Waals surface area contributed by atoms with Crippen LogP contribution in [0.15, 0.2) is 6.20 Å². The summed E-state index contributed by atoms with van der Waals surface area (Å²) in [5, 5.41) is 4.26. The molecule has 0 unspecified atom stereocenters. The van der Waals surface area contributed by atoms with Gasteiger partial charge in [-0.1, -0.05) is 0 Å². The molecule has 4 nitrogen and oxygen atoms in total. The fraction of sp³-hybridized carbons (Fsp3) is 0.700. The molecule has 0 atom stereocenters. The molecule has 2 rings (SSSR count). The summed E-state index contributed by atoms with van der Waals surface area (Å²) in [6, 6.07) is 0.280. The number of anilines is 1. The van der Waals surface area contributed by atoms with E-state index in [0.717, 1.165) is 18.5 Å². The van der Waals surface area contributed by atoms with E-state index in [-0.39, 0.29) is 18.6 Å². The fourth-order valence-electron chi connectivity index (χ4n) is 1.94. The Morgan fingerprint density at radius 2 is 2.31 bits per heavy atom. The fourth-order valence-corrected chi connectivity index (χ4v) is 1.94. The zero-order chi connectivity index (χ0) is 11.7. The number of rotatable bonds is 4. The van der Waals surface area contributed by atoms with Crippen LogP contribution in [0.2, 0.25) is 0 Å². The lowest BCUT2D eigenvalue weighted by Crippen LogP contribution is -2.30. The third-order valence-corrected chi connectivity index (χ3v) is 3.00. The van der Waals surface area contributed by atoms with Crippen molar-refractivity contribution in [2.45, 2.75) is 32.4 Å². The summed E-state index contributed by atoms with van der Waals surface area (Å²) in [5.74, 6) is 0.213. The van der Waals surface area contributed by atoms with Crippen LogP contribution in [0.5, 0.6) is 0 Å². The zero-order valence-corrected chi connectivity index (χ0v) is 9.07. The summed E-state index contributed by atoms with van der Waals surface area (Å²) in [6.07, 6.45) is 3.45. The minimum Gasteiger partial charge on any atom is -0.396 e. The van der Waals surface area contributed by atoms with Gasteiger partial charge in [0, 0.05) is 6.20 Å². The number of aromatic nitrogens is 2. The van der Waals surface area contributed by atoms with E-state index in [9.17, 15) is 8.78 Å². The van der Waals surface area contributed by atoms with Gasteiger partial charge in [0.1, 0.15) is 0 Å². The smallest absolute Gasteiger partial charge is 0.345 e. The van der Waals surface area contributed by atoms with Crippen LogP contribution in [-0.2, 0) is 4.74 Å². The maximum atomic E-state index is 11.8. The highest BCUT2D eigenvalue weighted by Gasteiger charge is 2.32. The predicted molar refractivity (Wildman–Crippen MR) is 55.1 cm³/mol. The van der Waals surface area contributed by atoms with Crippen LogP contribution < -0.4 is 5.73 Å². The van der Waals surface area contributed by atoms with E-state index in [2.05, 4.69) is 9.84 Å². The highest BCUT2D eigenvalue weighted by Crippen LogP contribution is 2.38. The third kappa shape index (κ3) is 2.32. The first-order valence-electron chi connectivity index (χ1n) is 5.27. The van der Waals surface area contributed by atoms with Gasteiger partial charge in [0.25, 0.3) is 0 Å². The molecule has 0 saturated heterocycles. The summed E-state index contributed by atoms with van der Waals surface area (Å²) in [6.45, 7) is -0.687. The first-order valence-corrected chi connectivity index (χ1v) is 5.27. The van der Waals surface area contributed by atoms with Crippen molar-refractivity contribution in [3.05, 3.63) is 11.9 Å². The summed E-state index contributed by atoms with van der Waals surface area (Å²) in [4.78, 5) is 0. The third-order valence-electron chi connectivity index (χ3n) is 3.00. The van der Waals surface area contributed by atoms with E-state index >= 15 is 0 Å². The second-order valence-corrected chi connectivity index (χ2v) is 4.24. The molecule has 0 radical (unpaired) electrons. The molecule has 6 heteroatoms. The number of hydrogen-bond acceptors (Lipinski definition) is 3. The molecular formula is C10H15F2N3O. The standard InChI is InChI=1S/C10H15F2N3O/c1-6-9(13)4-15(14-6)8-2-7(3-8)5-16-10(11)12/h4,7-8,10H,2-3,5,13H2,1H3/t7-,8-. The molecule has 0 bridgehead atoms. The summed E-state index contributed by atoms with van der Waals surface area (Å²) in [7, 11) is 0. The average molecular weight is 231 g/mol. The lowest BCUT2D eigenvalue weighted by atomic mass is 9.81. The van der Waals surface area contributed by atoms with Crippen molar-refractivity contribution in [2.24, 2.45) is 5.92 Å². The molecule has 1 saturated carbocycles. The van der Waals surface area contributed by atoms with Gasteiger partial charge in [0.2, 0.25) is 0 Å². The van der Waals surface area contributed by atoms with E-state index in [1.54, 1.807) is 6.20 Å². The van der Waals surface area contributed by atoms with Crippen molar-refractivity contribution >= 4 is 5.69 Å². The Kier molecular flexibility index (Phi) is 3.09. The lowest BCUT2D eigenvalue weighted by Gasteiger charge is -2.35. The normalized spacial score (nSPS) is 24.8. The zero-order valence-electron chi connectivity index (χ0n) is 9.07. The number of aryl methyl sites for hydroxylation is 1. The van der Waals surface area contributed by atoms with Gasteiger partial charge in [-0.3, -0.25) is 4.68 Å².